The van der Waals surface area contributed by atoms with Crippen LogP contribution in [0.25, 0.3) is 11.3 Å². The molecule has 0 saturated heterocycles. The van der Waals surface area contributed by atoms with Crippen LogP contribution in [0.3, 0.4) is 0 Å². The van der Waals surface area contributed by atoms with Crippen molar-refractivity contribution in [2.45, 2.75) is 37.2 Å². The van der Waals surface area contributed by atoms with Crippen LogP contribution < -0.4 is 19.2 Å². The fourth-order valence-electron chi connectivity index (χ4n) is 3.09. The fourth-order valence-corrected chi connectivity index (χ4v) is 4.08. The van der Waals surface area contributed by atoms with Crippen molar-refractivity contribution >= 4 is 10.0 Å². The highest BCUT2D eigenvalue weighted by atomic mass is 32.2. The first-order valence-corrected chi connectivity index (χ1v) is 12.3. The van der Waals surface area contributed by atoms with Gasteiger partial charge in [0.05, 0.1) is 24.3 Å². The monoisotopic (exact) mass is 521 g/mol. The van der Waals surface area contributed by atoms with E-state index in [1.54, 1.807) is 12.1 Å². The highest BCUT2D eigenvalue weighted by molar-refractivity contribution is 7.89. The number of nitrogens with zero attached hydrogens (tertiary/aromatic N) is 2. The molecular weight excluding hydrogens is 493 g/mol. The summed E-state index contributed by atoms with van der Waals surface area (Å²) >= 11 is 0. The van der Waals surface area contributed by atoms with Crippen molar-refractivity contribution in [2.24, 2.45) is 0 Å². The maximum absolute atomic E-state index is 13.7. The Morgan fingerprint density at radius 2 is 1.86 bits per heavy atom. The standard InChI is InChI=1S/C24H28FN3O7S/c1-24(2,3)15-5-8-22(36(31,32)28-35-21-12-16(25)6-7-20(21)33-4)18(11-15)19-9-10-26-23(27-19)34-14-17(30)13-29/h5-12,17,28-30H,13-14H2,1-4H3/t17-/m1/s1. The number of halogens is 1. The van der Waals surface area contributed by atoms with Crippen LogP contribution >= 0.6 is 0 Å². The largest absolute Gasteiger partial charge is 0.493 e. The molecule has 3 N–H and O–H groups in total. The number of aromatic nitrogens is 2. The predicted molar refractivity (Wildman–Crippen MR) is 129 cm³/mol. The van der Waals surface area contributed by atoms with Gasteiger partial charge in [0.1, 0.15) is 18.5 Å². The molecule has 194 valence electrons. The molecule has 3 aromatic rings. The Morgan fingerprint density at radius 3 is 2.53 bits per heavy atom. The van der Waals surface area contributed by atoms with Crippen molar-refractivity contribution < 1.29 is 37.3 Å². The molecule has 0 amide bonds. The molecular formula is C24H28FN3O7S. The van der Waals surface area contributed by atoms with Gasteiger partial charge < -0.3 is 24.5 Å². The van der Waals surface area contributed by atoms with Crippen LogP contribution in [-0.4, -0.2) is 55.0 Å². The third-order valence-electron chi connectivity index (χ3n) is 5.05. The summed E-state index contributed by atoms with van der Waals surface area (Å²) < 4.78 is 50.6. The van der Waals surface area contributed by atoms with Gasteiger partial charge in [-0.25, -0.2) is 17.8 Å². The van der Waals surface area contributed by atoms with Gasteiger partial charge in [-0.15, -0.1) is 0 Å². The number of ether oxygens (including phenoxy) is 2. The van der Waals surface area contributed by atoms with E-state index in [9.17, 15) is 17.9 Å². The van der Waals surface area contributed by atoms with Gasteiger partial charge in [0, 0.05) is 17.8 Å². The Labute approximate surface area is 208 Å². The van der Waals surface area contributed by atoms with E-state index >= 15 is 0 Å². The van der Waals surface area contributed by atoms with E-state index in [-0.39, 0.29) is 45.7 Å². The first kappa shape index (κ1) is 27.3. The Bertz CT molecular complexity index is 1310. The fraction of sp³-hybridized carbons (Fsp3) is 0.333. The smallest absolute Gasteiger partial charge is 0.316 e. The van der Waals surface area contributed by atoms with Gasteiger partial charge in [0.15, 0.2) is 11.5 Å². The molecule has 0 aliphatic rings. The second-order valence-electron chi connectivity index (χ2n) is 8.82. The van der Waals surface area contributed by atoms with Gasteiger partial charge in [-0.2, -0.15) is 4.98 Å². The quantitative estimate of drug-likeness (QED) is 0.343. The minimum atomic E-state index is -4.30. The molecule has 10 nitrogen and oxygen atoms in total. The summed E-state index contributed by atoms with van der Waals surface area (Å²) in [7, 11) is -2.96. The highest BCUT2D eigenvalue weighted by Crippen LogP contribution is 2.33. The third-order valence-corrected chi connectivity index (χ3v) is 6.28. The third kappa shape index (κ3) is 6.66. The Kier molecular flexibility index (Phi) is 8.46. The van der Waals surface area contributed by atoms with Crippen LogP contribution in [0.4, 0.5) is 4.39 Å². The number of nitrogens with one attached hydrogen (secondary N) is 1. The van der Waals surface area contributed by atoms with Crippen molar-refractivity contribution in [3.8, 4) is 28.8 Å². The van der Waals surface area contributed by atoms with Crippen molar-refractivity contribution in [3.05, 3.63) is 60.0 Å². The van der Waals surface area contributed by atoms with E-state index < -0.39 is 28.6 Å². The topological polar surface area (TPSA) is 140 Å². The predicted octanol–water partition coefficient (Wildman–Crippen LogP) is 2.59. The van der Waals surface area contributed by atoms with E-state index in [2.05, 4.69) is 9.97 Å². The molecule has 12 heteroatoms. The molecule has 36 heavy (non-hydrogen) atoms. The molecule has 0 aliphatic heterocycles. The zero-order valence-corrected chi connectivity index (χ0v) is 21.0. The van der Waals surface area contributed by atoms with Crippen LogP contribution in [0.2, 0.25) is 0 Å². The number of rotatable bonds is 10. The molecule has 0 aliphatic carbocycles. The normalized spacial score (nSPS) is 12.8. The van der Waals surface area contributed by atoms with Crippen LogP contribution in [0.5, 0.6) is 17.5 Å². The minimum Gasteiger partial charge on any atom is -0.493 e. The number of sulfonamides is 1. The second-order valence-corrected chi connectivity index (χ2v) is 10.4. The average Bonchev–Trinajstić information content (AvgIpc) is 2.85. The summed E-state index contributed by atoms with van der Waals surface area (Å²) in [4.78, 5) is 15.3. The molecule has 2 aromatic carbocycles. The van der Waals surface area contributed by atoms with Gasteiger partial charge in [-0.05, 0) is 46.2 Å². The Morgan fingerprint density at radius 1 is 1.11 bits per heavy atom. The Balaban J connectivity index is 2.02. The number of hydrogen-bond acceptors (Lipinski definition) is 9. The maximum atomic E-state index is 13.7. The molecule has 0 bridgehead atoms. The number of aliphatic hydroxyl groups excluding tert-OH is 2. The summed E-state index contributed by atoms with van der Waals surface area (Å²) in [5, 5.41) is 18.5. The summed E-state index contributed by atoms with van der Waals surface area (Å²) in [6.07, 6.45) is 0.253. The lowest BCUT2D eigenvalue weighted by atomic mass is 9.86. The van der Waals surface area contributed by atoms with E-state index in [1.165, 1.54) is 31.5 Å². The molecule has 1 atom stereocenters. The van der Waals surface area contributed by atoms with Crippen LogP contribution in [-0.2, 0) is 15.4 Å². The van der Waals surface area contributed by atoms with E-state index in [0.29, 0.717) is 0 Å². The number of methoxy groups -OCH3 is 1. The van der Waals surface area contributed by atoms with E-state index in [1.807, 2.05) is 25.7 Å². The molecule has 0 spiro atoms. The van der Waals surface area contributed by atoms with Gasteiger partial charge in [-0.1, -0.05) is 26.8 Å². The zero-order valence-electron chi connectivity index (χ0n) is 20.2. The molecule has 0 saturated carbocycles. The van der Waals surface area contributed by atoms with E-state index in [0.717, 1.165) is 17.7 Å². The van der Waals surface area contributed by atoms with Crippen molar-refractivity contribution in [3.63, 3.8) is 0 Å². The first-order chi connectivity index (χ1) is 16.9. The number of benzene rings is 2. The number of aliphatic hydroxyl groups is 2. The van der Waals surface area contributed by atoms with Crippen molar-refractivity contribution in [1.82, 2.24) is 14.9 Å². The van der Waals surface area contributed by atoms with Crippen LogP contribution in [0.15, 0.2) is 53.6 Å². The molecule has 1 aromatic heterocycles. The van der Waals surface area contributed by atoms with Crippen LogP contribution in [0, 0.1) is 5.82 Å². The molecule has 1 heterocycles. The lowest BCUT2D eigenvalue weighted by molar-refractivity contribution is 0.0505. The number of hydrogen-bond donors (Lipinski definition) is 3. The summed E-state index contributed by atoms with van der Waals surface area (Å²) in [5.41, 5.74) is 0.988. The molecule has 0 fully saturated rings. The first-order valence-electron chi connectivity index (χ1n) is 10.9. The lowest BCUT2D eigenvalue weighted by Gasteiger charge is -2.21. The SMILES string of the molecule is COc1ccc(F)cc1ONS(=O)(=O)c1ccc(C(C)(C)C)cc1-c1ccnc(OC[C@H](O)CO)n1. The van der Waals surface area contributed by atoms with Crippen molar-refractivity contribution in [1.29, 1.82) is 0 Å². The van der Waals surface area contributed by atoms with Gasteiger partial charge >= 0.3 is 6.01 Å². The second kappa shape index (κ2) is 11.2. The zero-order chi connectivity index (χ0) is 26.5. The molecule has 0 radical (unpaired) electrons. The van der Waals surface area contributed by atoms with E-state index in [4.69, 9.17) is 19.4 Å². The highest BCUT2D eigenvalue weighted by Gasteiger charge is 2.25. The molecule has 3 rings (SSSR count). The minimum absolute atomic E-state index is 0.113. The lowest BCUT2D eigenvalue weighted by Crippen LogP contribution is -2.28. The summed E-state index contributed by atoms with van der Waals surface area (Å²) in [6, 6.07) is 9.62. The van der Waals surface area contributed by atoms with Gasteiger partial charge in [-0.3, -0.25) is 0 Å². The average molecular weight is 522 g/mol. The van der Waals surface area contributed by atoms with Gasteiger partial charge in [0.2, 0.25) is 0 Å². The summed E-state index contributed by atoms with van der Waals surface area (Å²) in [5.74, 6) is -0.667. The Hall–Kier alpha value is -3.32. The summed E-state index contributed by atoms with van der Waals surface area (Å²) in [6.45, 7) is 5.17. The van der Waals surface area contributed by atoms with Crippen molar-refractivity contribution in [2.75, 3.05) is 20.3 Å². The molecule has 0 unspecified atom stereocenters. The van der Waals surface area contributed by atoms with Crippen LogP contribution in [0.1, 0.15) is 26.3 Å². The maximum Gasteiger partial charge on any atom is 0.316 e. The van der Waals surface area contributed by atoms with Gasteiger partial charge in [0.25, 0.3) is 10.0 Å².